The SMILES string of the molecule is CCCOc1ccccc1NC(=O)CSc1nnc(C(C)C)n1C1CC1. The van der Waals surface area contributed by atoms with Gasteiger partial charge in [-0.05, 0) is 31.4 Å². The first-order valence-corrected chi connectivity index (χ1v) is 10.2. The Morgan fingerprint density at radius 3 is 2.81 bits per heavy atom. The fraction of sp³-hybridized carbons (Fsp3) is 0.526. The van der Waals surface area contributed by atoms with Crippen LogP contribution in [0.25, 0.3) is 0 Å². The molecule has 1 aliphatic rings. The second kappa shape index (κ2) is 8.58. The van der Waals surface area contributed by atoms with Crippen LogP contribution in [0.1, 0.15) is 57.8 Å². The molecule has 0 aliphatic heterocycles. The lowest BCUT2D eigenvalue weighted by Gasteiger charge is -2.12. The van der Waals surface area contributed by atoms with E-state index in [2.05, 4.69) is 40.9 Å². The zero-order chi connectivity index (χ0) is 18.5. The van der Waals surface area contributed by atoms with Crippen molar-refractivity contribution in [2.24, 2.45) is 0 Å². The maximum absolute atomic E-state index is 12.4. The van der Waals surface area contributed by atoms with Crippen molar-refractivity contribution in [3.05, 3.63) is 30.1 Å². The minimum atomic E-state index is -0.0704. The van der Waals surface area contributed by atoms with Crippen LogP contribution < -0.4 is 10.1 Å². The molecule has 1 aromatic heterocycles. The topological polar surface area (TPSA) is 69.0 Å². The summed E-state index contributed by atoms with van der Waals surface area (Å²) in [6, 6.07) is 8.02. The van der Waals surface area contributed by atoms with Gasteiger partial charge in [-0.15, -0.1) is 10.2 Å². The number of carbonyl (C=O) groups is 1. The summed E-state index contributed by atoms with van der Waals surface area (Å²) in [5.74, 6) is 2.27. The maximum Gasteiger partial charge on any atom is 0.234 e. The third-order valence-electron chi connectivity index (χ3n) is 4.07. The van der Waals surface area contributed by atoms with E-state index in [-0.39, 0.29) is 5.91 Å². The summed E-state index contributed by atoms with van der Waals surface area (Å²) >= 11 is 1.44. The maximum atomic E-state index is 12.4. The number of anilines is 1. The van der Waals surface area contributed by atoms with Gasteiger partial charge in [-0.25, -0.2) is 0 Å². The first kappa shape index (κ1) is 18.8. The third-order valence-corrected chi connectivity index (χ3v) is 5.02. The first-order valence-electron chi connectivity index (χ1n) is 9.19. The number of rotatable bonds is 9. The fourth-order valence-corrected chi connectivity index (χ4v) is 3.49. The summed E-state index contributed by atoms with van der Waals surface area (Å²) in [6.45, 7) is 6.93. The Labute approximate surface area is 158 Å². The molecule has 1 saturated carbocycles. The molecule has 0 bridgehead atoms. The molecule has 0 atom stereocenters. The molecule has 1 aromatic carbocycles. The average Bonchev–Trinajstić information content (AvgIpc) is 3.38. The molecule has 1 N–H and O–H groups in total. The number of hydrogen-bond donors (Lipinski definition) is 1. The smallest absolute Gasteiger partial charge is 0.234 e. The van der Waals surface area contributed by atoms with Crippen LogP contribution in [0.4, 0.5) is 5.69 Å². The Morgan fingerprint density at radius 1 is 1.35 bits per heavy atom. The summed E-state index contributed by atoms with van der Waals surface area (Å²) < 4.78 is 7.90. The van der Waals surface area contributed by atoms with E-state index in [1.54, 1.807) is 0 Å². The number of hydrogen-bond acceptors (Lipinski definition) is 5. The van der Waals surface area contributed by atoms with Crippen molar-refractivity contribution in [2.75, 3.05) is 17.7 Å². The van der Waals surface area contributed by atoms with Crippen LogP contribution in [0, 0.1) is 0 Å². The van der Waals surface area contributed by atoms with Gasteiger partial charge in [0.1, 0.15) is 11.6 Å². The van der Waals surface area contributed by atoms with E-state index in [4.69, 9.17) is 4.74 Å². The predicted molar refractivity (Wildman–Crippen MR) is 104 cm³/mol. The minimum Gasteiger partial charge on any atom is -0.491 e. The highest BCUT2D eigenvalue weighted by atomic mass is 32.2. The first-order chi connectivity index (χ1) is 12.6. The molecule has 1 heterocycles. The van der Waals surface area contributed by atoms with E-state index >= 15 is 0 Å². The van der Waals surface area contributed by atoms with Crippen molar-refractivity contribution in [1.29, 1.82) is 0 Å². The summed E-state index contributed by atoms with van der Waals surface area (Å²) in [4.78, 5) is 12.4. The summed E-state index contributed by atoms with van der Waals surface area (Å²) in [5, 5.41) is 12.4. The second-order valence-corrected chi connectivity index (χ2v) is 7.72. The highest BCUT2D eigenvalue weighted by molar-refractivity contribution is 7.99. The predicted octanol–water partition coefficient (Wildman–Crippen LogP) is 4.26. The van der Waals surface area contributed by atoms with Crippen molar-refractivity contribution in [3.63, 3.8) is 0 Å². The normalized spacial score (nSPS) is 13.8. The van der Waals surface area contributed by atoms with Gasteiger partial charge >= 0.3 is 0 Å². The molecule has 140 valence electrons. The monoisotopic (exact) mass is 374 g/mol. The van der Waals surface area contributed by atoms with Gasteiger partial charge in [0.25, 0.3) is 0 Å². The molecule has 6 nitrogen and oxygen atoms in total. The molecule has 1 amide bonds. The fourth-order valence-electron chi connectivity index (χ4n) is 2.68. The van der Waals surface area contributed by atoms with E-state index < -0.39 is 0 Å². The number of nitrogens with zero attached hydrogens (tertiary/aromatic N) is 3. The van der Waals surface area contributed by atoms with Crippen LogP contribution in [-0.2, 0) is 4.79 Å². The number of aromatic nitrogens is 3. The average molecular weight is 375 g/mol. The van der Waals surface area contributed by atoms with Gasteiger partial charge in [-0.1, -0.05) is 44.7 Å². The zero-order valence-electron chi connectivity index (χ0n) is 15.6. The van der Waals surface area contributed by atoms with Crippen molar-refractivity contribution in [2.45, 2.75) is 57.1 Å². The Bertz CT molecular complexity index is 756. The van der Waals surface area contributed by atoms with E-state index in [9.17, 15) is 4.79 Å². The van der Waals surface area contributed by atoms with Crippen LogP contribution in [0.2, 0.25) is 0 Å². The standard InChI is InChI=1S/C19H26N4O2S/c1-4-11-25-16-8-6-5-7-15(16)20-17(24)12-26-19-22-21-18(13(2)3)23(19)14-9-10-14/h5-8,13-14H,4,9-12H2,1-3H3,(H,20,24). The minimum absolute atomic E-state index is 0.0704. The second-order valence-electron chi connectivity index (χ2n) is 6.78. The molecule has 26 heavy (non-hydrogen) atoms. The van der Waals surface area contributed by atoms with Crippen molar-refractivity contribution >= 4 is 23.4 Å². The number of carbonyl (C=O) groups excluding carboxylic acids is 1. The Hall–Kier alpha value is -2.02. The van der Waals surface area contributed by atoms with Gasteiger partial charge < -0.3 is 14.6 Å². The van der Waals surface area contributed by atoms with Crippen molar-refractivity contribution < 1.29 is 9.53 Å². The molecule has 0 spiro atoms. The van der Waals surface area contributed by atoms with Gasteiger partial charge in [0, 0.05) is 12.0 Å². The van der Waals surface area contributed by atoms with Crippen LogP contribution in [0.15, 0.2) is 29.4 Å². The molecule has 3 rings (SSSR count). The highest BCUT2D eigenvalue weighted by Crippen LogP contribution is 2.40. The number of benzene rings is 1. The van der Waals surface area contributed by atoms with Crippen molar-refractivity contribution in [3.8, 4) is 5.75 Å². The quantitative estimate of drug-likeness (QED) is 0.664. The Morgan fingerprint density at radius 2 is 2.12 bits per heavy atom. The molecule has 2 aromatic rings. The largest absolute Gasteiger partial charge is 0.491 e. The molecular formula is C19H26N4O2S. The van der Waals surface area contributed by atoms with Gasteiger partial charge in [0.2, 0.25) is 5.91 Å². The van der Waals surface area contributed by atoms with Gasteiger partial charge in [0.05, 0.1) is 18.0 Å². The molecular weight excluding hydrogens is 348 g/mol. The summed E-state index contributed by atoms with van der Waals surface area (Å²) in [7, 11) is 0. The van der Waals surface area contributed by atoms with Gasteiger partial charge in [-0.3, -0.25) is 4.79 Å². The van der Waals surface area contributed by atoms with Crippen LogP contribution in [0.3, 0.4) is 0 Å². The zero-order valence-corrected chi connectivity index (χ0v) is 16.4. The van der Waals surface area contributed by atoms with Crippen LogP contribution in [-0.4, -0.2) is 33.0 Å². The van der Waals surface area contributed by atoms with Crippen LogP contribution in [0.5, 0.6) is 5.75 Å². The Kier molecular flexibility index (Phi) is 6.19. The Balaban J connectivity index is 1.62. The lowest BCUT2D eigenvalue weighted by atomic mass is 10.2. The van der Waals surface area contributed by atoms with E-state index in [0.717, 1.165) is 17.4 Å². The molecule has 1 fully saturated rings. The lowest BCUT2D eigenvalue weighted by molar-refractivity contribution is -0.113. The summed E-state index contributed by atoms with van der Waals surface area (Å²) in [6.07, 6.45) is 3.26. The van der Waals surface area contributed by atoms with Crippen LogP contribution >= 0.6 is 11.8 Å². The third kappa shape index (κ3) is 4.58. The highest BCUT2D eigenvalue weighted by Gasteiger charge is 2.30. The summed E-state index contributed by atoms with van der Waals surface area (Å²) in [5.41, 5.74) is 0.707. The number of thioether (sulfide) groups is 1. The molecule has 0 saturated heterocycles. The number of amides is 1. The van der Waals surface area contributed by atoms with E-state index in [0.29, 0.717) is 35.8 Å². The van der Waals surface area contributed by atoms with E-state index in [1.165, 1.54) is 24.6 Å². The van der Waals surface area contributed by atoms with Crippen molar-refractivity contribution in [1.82, 2.24) is 14.8 Å². The molecule has 0 unspecified atom stereocenters. The van der Waals surface area contributed by atoms with Gasteiger partial charge in [0.15, 0.2) is 5.16 Å². The molecule has 1 aliphatic carbocycles. The van der Waals surface area contributed by atoms with Gasteiger partial charge in [-0.2, -0.15) is 0 Å². The van der Waals surface area contributed by atoms with E-state index in [1.807, 2.05) is 24.3 Å². The molecule has 0 radical (unpaired) electrons. The molecule has 7 heteroatoms. The number of ether oxygens (including phenoxy) is 1. The number of nitrogens with one attached hydrogen (secondary N) is 1. The lowest BCUT2D eigenvalue weighted by Crippen LogP contribution is -2.15. The number of para-hydroxylation sites is 2.